The summed E-state index contributed by atoms with van der Waals surface area (Å²) in [6.07, 6.45) is 8.41. The van der Waals surface area contributed by atoms with Gasteiger partial charge < -0.3 is 19.8 Å². The van der Waals surface area contributed by atoms with Crippen LogP contribution in [0.1, 0.15) is 81.1 Å². The highest BCUT2D eigenvalue weighted by atomic mass is 16.9. The van der Waals surface area contributed by atoms with Crippen molar-refractivity contribution in [3.05, 3.63) is 57.2 Å². The molecule has 0 radical (unpaired) electrons. The average Bonchev–Trinajstić information content (AvgIpc) is 3.16. The Kier molecular flexibility index (Phi) is 6.88. The maximum atomic E-state index is 13.4. The molecule has 38 heavy (non-hydrogen) atoms. The third kappa shape index (κ3) is 4.24. The van der Waals surface area contributed by atoms with Gasteiger partial charge in [0.15, 0.2) is 6.61 Å². The van der Waals surface area contributed by atoms with E-state index in [2.05, 4.69) is 17.8 Å². The monoisotopic (exact) mass is 527 g/mol. The first-order chi connectivity index (χ1) is 18.0. The smallest absolute Gasteiger partial charge is 0.338 e. The molecule has 0 aliphatic heterocycles. The third-order valence-electron chi connectivity index (χ3n) is 10.4. The number of ketones is 1. The summed E-state index contributed by atoms with van der Waals surface area (Å²) in [6, 6.07) is 5.91. The Balaban J connectivity index is 1.27. The van der Waals surface area contributed by atoms with Crippen molar-refractivity contribution in [2.75, 3.05) is 6.61 Å². The number of nitrogens with zero attached hydrogens (tertiary/aromatic N) is 1. The standard InChI is InChI=1S/C29H37NO8/c1-27-13-4-3-5-20(27)10-11-21-22-12-14-29(34,28(22,2)15-23(31)25(21)27)24(32)17-37-26(33)19-8-6-18(7-9-19)16-38-30(35)36/h5-9,21-23,25,31,34H,3-4,10-17H2,1-2H3/t21-,22-,23-,25+,27-,28-,29-/m0/s1. The predicted molar refractivity (Wildman–Crippen MR) is 136 cm³/mol. The van der Waals surface area contributed by atoms with Crippen LogP contribution in [0.4, 0.5) is 0 Å². The molecule has 9 heteroatoms. The molecule has 206 valence electrons. The fourth-order valence-corrected chi connectivity index (χ4v) is 8.54. The molecule has 0 unspecified atom stereocenters. The lowest BCUT2D eigenvalue weighted by Gasteiger charge is -2.60. The topological polar surface area (TPSA) is 136 Å². The number of hydrogen-bond acceptors (Lipinski definition) is 8. The van der Waals surface area contributed by atoms with E-state index in [1.807, 2.05) is 6.92 Å². The number of aliphatic hydroxyl groups is 2. The van der Waals surface area contributed by atoms with Crippen LogP contribution in [0.3, 0.4) is 0 Å². The van der Waals surface area contributed by atoms with E-state index < -0.39 is 40.6 Å². The number of rotatable bonds is 7. The normalized spacial score (nSPS) is 37.7. The molecule has 7 atom stereocenters. The Morgan fingerprint density at radius 3 is 2.61 bits per heavy atom. The van der Waals surface area contributed by atoms with E-state index in [-0.39, 0.29) is 35.3 Å². The molecule has 2 N–H and O–H groups in total. The largest absolute Gasteiger partial charge is 0.454 e. The molecule has 1 aromatic carbocycles. The summed E-state index contributed by atoms with van der Waals surface area (Å²) < 4.78 is 5.29. The van der Waals surface area contributed by atoms with Crippen LogP contribution >= 0.6 is 0 Å². The number of benzene rings is 1. The van der Waals surface area contributed by atoms with Crippen LogP contribution in [0.15, 0.2) is 35.9 Å². The van der Waals surface area contributed by atoms with E-state index in [1.165, 1.54) is 29.8 Å². The van der Waals surface area contributed by atoms with Crippen LogP contribution < -0.4 is 0 Å². The molecular weight excluding hydrogens is 490 g/mol. The van der Waals surface area contributed by atoms with Gasteiger partial charge in [0.1, 0.15) is 12.2 Å². The van der Waals surface area contributed by atoms with Crippen molar-refractivity contribution in [1.82, 2.24) is 0 Å². The summed E-state index contributed by atoms with van der Waals surface area (Å²) in [6.45, 7) is 3.44. The minimum absolute atomic E-state index is 0.0207. The fraction of sp³-hybridized carbons (Fsp3) is 0.655. The van der Waals surface area contributed by atoms with Crippen molar-refractivity contribution < 1.29 is 34.5 Å². The zero-order chi connectivity index (χ0) is 27.3. The Hall–Kier alpha value is -2.78. The van der Waals surface area contributed by atoms with Gasteiger partial charge in [-0.25, -0.2) is 4.79 Å². The quantitative estimate of drug-likeness (QED) is 0.233. The van der Waals surface area contributed by atoms with Gasteiger partial charge in [-0.05, 0) is 92.2 Å². The number of hydrogen-bond donors (Lipinski definition) is 2. The van der Waals surface area contributed by atoms with Gasteiger partial charge in [0.25, 0.3) is 5.09 Å². The molecule has 3 fully saturated rings. The Labute approximate surface area is 222 Å². The number of esters is 1. The number of aliphatic hydroxyl groups excluding tert-OH is 1. The zero-order valence-electron chi connectivity index (χ0n) is 22.1. The van der Waals surface area contributed by atoms with E-state index in [0.717, 1.165) is 32.1 Å². The summed E-state index contributed by atoms with van der Waals surface area (Å²) >= 11 is 0. The Morgan fingerprint density at radius 1 is 1.16 bits per heavy atom. The van der Waals surface area contributed by atoms with Gasteiger partial charge in [0.2, 0.25) is 5.78 Å². The minimum Gasteiger partial charge on any atom is -0.454 e. The molecular formula is C29H37NO8. The lowest BCUT2D eigenvalue weighted by Crippen LogP contribution is -2.62. The highest BCUT2D eigenvalue weighted by Crippen LogP contribution is 2.67. The molecule has 0 aromatic heterocycles. The number of allylic oxidation sites excluding steroid dienone is 2. The van der Waals surface area contributed by atoms with Crippen molar-refractivity contribution in [2.45, 2.75) is 83.5 Å². The number of fused-ring (bicyclic) bond motifs is 5. The first-order valence-corrected chi connectivity index (χ1v) is 13.7. The summed E-state index contributed by atoms with van der Waals surface area (Å²) in [4.78, 5) is 40.7. The number of carbonyl (C=O) groups is 2. The van der Waals surface area contributed by atoms with Crippen LogP contribution in [0.25, 0.3) is 0 Å². The van der Waals surface area contributed by atoms with Crippen molar-refractivity contribution >= 4 is 11.8 Å². The molecule has 3 saturated carbocycles. The number of ether oxygens (including phenoxy) is 1. The SMILES string of the molecule is C[C@]12CCCC=C1CC[C@@H]1[C@@H]2[C@@H](O)C[C@@]2(C)[C@H]1CC[C@]2(O)C(=O)COC(=O)c1ccc(CO[N+](=O)[O-])cc1. The Bertz CT molecular complexity index is 1150. The predicted octanol–water partition coefficient (Wildman–Crippen LogP) is 4.18. The van der Waals surface area contributed by atoms with Gasteiger partial charge in [-0.2, -0.15) is 0 Å². The van der Waals surface area contributed by atoms with Crippen LogP contribution in [0, 0.1) is 38.7 Å². The highest BCUT2D eigenvalue weighted by molar-refractivity contribution is 5.94. The van der Waals surface area contributed by atoms with Crippen molar-refractivity contribution in [1.29, 1.82) is 0 Å². The van der Waals surface area contributed by atoms with Gasteiger partial charge in [-0.3, -0.25) is 4.79 Å². The molecule has 4 aliphatic rings. The zero-order valence-corrected chi connectivity index (χ0v) is 22.1. The first kappa shape index (κ1) is 26.8. The third-order valence-corrected chi connectivity index (χ3v) is 10.4. The van der Waals surface area contributed by atoms with Crippen LogP contribution in [-0.4, -0.2) is 45.4 Å². The van der Waals surface area contributed by atoms with Crippen molar-refractivity contribution in [3.63, 3.8) is 0 Å². The van der Waals surface area contributed by atoms with Gasteiger partial charge in [0.05, 0.1) is 11.7 Å². The molecule has 0 saturated heterocycles. The molecule has 0 heterocycles. The molecule has 4 aliphatic carbocycles. The van der Waals surface area contributed by atoms with E-state index in [0.29, 0.717) is 24.8 Å². The van der Waals surface area contributed by atoms with E-state index in [1.54, 1.807) is 0 Å². The maximum absolute atomic E-state index is 13.4. The first-order valence-electron chi connectivity index (χ1n) is 13.7. The summed E-state index contributed by atoms with van der Waals surface area (Å²) in [5.74, 6) is -0.752. The van der Waals surface area contributed by atoms with Gasteiger partial charge in [-0.15, -0.1) is 10.1 Å². The molecule has 0 bridgehead atoms. The highest BCUT2D eigenvalue weighted by Gasteiger charge is 2.68. The van der Waals surface area contributed by atoms with Gasteiger partial charge >= 0.3 is 5.97 Å². The lowest BCUT2D eigenvalue weighted by atomic mass is 9.45. The molecule has 9 nitrogen and oxygen atoms in total. The summed E-state index contributed by atoms with van der Waals surface area (Å²) in [5.41, 5.74) is -0.308. The second-order valence-electron chi connectivity index (χ2n) is 12.2. The molecule has 5 rings (SSSR count). The van der Waals surface area contributed by atoms with E-state index >= 15 is 0 Å². The van der Waals surface area contributed by atoms with Gasteiger partial charge in [0, 0.05) is 5.41 Å². The van der Waals surface area contributed by atoms with Crippen LogP contribution in [0.2, 0.25) is 0 Å². The minimum atomic E-state index is -1.67. The van der Waals surface area contributed by atoms with Crippen LogP contribution in [-0.2, 0) is 21.0 Å². The average molecular weight is 528 g/mol. The summed E-state index contributed by atoms with van der Waals surface area (Å²) in [5, 5.41) is 32.8. The second kappa shape index (κ2) is 9.75. The molecule has 1 aromatic rings. The van der Waals surface area contributed by atoms with Crippen molar-refractivity contribution in [2.24, 2.45) is 28.6 Å². The Morgan fingerprint density at radius 2 is 1.89 bits per heavy atom. The summed E-state index contributed by atoms with van der Waals surface area (Å²) in [7, 11) is 0. The van der Waals surface area contributed by atoms with Crippen LogP contribution in [0.5, 0.6) is 0 Å². The molecule has 0 amide bonds. The number of Topliss-reactive ketones (excluding diaryl/α,β-unsaturated/α-hetero) is 1. The van der Waals surface area contributed by atoms with E-state index in [9.17, 15) is 29.9 Å². The number of carbonyl (C=O) groups excluding carboxylic acids is 2. The van der Waals surface area contributed by atoms with Gasteiger partial charge in [-0.1, -0.05) is 37.6 Å². The molecule has 0 spiro atoms. The van der Waals surface area contributed by atoms with Crippen molar-refractivity contribution in [3.8, 4) is 0 Å². The lowest BCUT2D eigenvalue weighted by molar-refractivity contribution is -0.763. The second-order valence-corrected chi connectivity index (χ2v) is 12.2. The maximum Gasteiger partial charge on any atom is 0.338 e. The fourth-order valence-electron chi connectivity index (χ4n) is 8.54. The van der Waals surface area contributed by atoms with E-state index in [4.69, 9.17) is 4.74 Å².